The van der Waals surface area contributed by atoms with Gasteiger partial charge in [-0.3, -0.25) is 5.10 Å². The Morgan fingerprint density at radius 3 is 2.53 bits per heavy atom. The molecule has 4 fully saturated rings. The molecule has 4 bridgehead atoms. The highest BCUT2D eigenvalue weighted by molar-refractivity contribution is 5.14. The average Bonchev–Trinajstić information content (AvgIpc) is 2.73. The first-order valence-electron chi connectivity index (χ1n) is 7.72. The fraction of sp³-hybridized carbons (Fsp3) is 0.812. The molecule has 1 heterocycles. The van der Waals surface area contributed by atoms with E-state index in [-0.39, 0.29) is 0 Å². The second kappa shape index (κ2) is 3.63. The molecule has 2 unspecified atom stereocenters. The fourth-order valence-corrected chi connectivity index (χ4v) is 6.31. The van der Waals surface area contributed by atoms with Gasteiger partial charge >= 0.3 is 0 Å². The molecule has 2 N–H and O–H groups in total. The van der Waals surface area contributed by atoms with Crippen LogP contribution in [0.3, 0.4) is 0 Å². The van der Waals surface area contributed by atoms with Gasteiger partial charge in [0.2, 0.25) is 0 Å². The molecule has 0 saturated heterocycles. The first-order valence-corrected chi connectivity index (χ1v) is 7.72. The zero-order valence-electron chi connectivity index (χ0n) is 12.1. The highest BCUT2D eigenvalue weighted by Crippen LogP contribution is 2.66. The van der Waals surface area contributed by atoms with E-state index in [9.17, 15) is 0 Å². The zero-order chi connectivity index (χ0) is 13.1. The summed E-state index contributed by atoms with van der Waals surface area (Å²) in [6.45, 7) is 6.00. The molecule has 0 aromatic carbocycles. The van der Waals surface area contributed by atoms with E-state index in [1.807, 2.05) is 6.20 Å². The molecule has 4 saturated carbocycles. The molecule has 0 amide bonds. The van der Waals surface area contributed by atoms with E-state index in [0.29, 0.717) is 16.4 Å². The van der Waals surface area contributed by atoms with Crippen LogP contribution in [0.1, 0.15) is 58.1 Å². The Balaban J connectivity index is 1.57. The standard InChI is InChI=1S/C16H25N3/c1-14-5-12-6-15(2,9-14)11-16(7-12,10-14)17-8-13-3-4-18-19-13/h3-4,12,17H,5-11H2,1-2H3,(H,18,19). The maximum atomic E-state index is 4.05. The molecule has 4 aliphatic carbocycles. The predicted octanol–water partition coefficient (Wildman–Crippen LogP) is 3.25. The predicted molar refractivity (Wildman–Crippen MR) is 75.6 cm³/mol. The van der Waals surface area contributed by atoms with Crippen molar-refractivity contribution in [3.63, 3.8) is 0 Å². The molecule has 19 heavy (non-hydrogen) atoms. The van der Waals surface area contributed by atoms with Crippen molar-refractivity contribution in [2.45, 2.75) is 64.5 Å². The second-order valence-electron chi connectivity index (χ2n) is 8.35. The van der Waals surface area contributed by atoms with Crippen molar-refractivity contribution in [3.05, 3.63) is 18.0 Å². The second-order valence-corrected chi connectivity index (χ2v) is 8.35. The minimum atomic E-state index is 0.397. The van der Waals surface area contributed by atoms with Crippen molar-refractivity contribution in [2.24, 2.45) is 16.7 Å². The first-order chi connectivity index (χ1) is 8.99. The van der Waals surface area contributed by atoms with Gasteiger partial charge in [0, 0.05) is 24.0 Å². The number of rotatable bonds is 3. The molecule has 3 nitrogen and oxygen atoms in total. The molecule has 5 rings (SSSR count). The van der Waals surface area contributed by atoms with Gasteiger partial charge < -0.3 is 5.32 Å². The molecule has 1 aromatic heterocycles. The number of aromatic amines is 1. The molecule has 104 valence electrons. The van der Waals surface area contributed by atoms with Crippen LogP contribution in [-0.4, -0.2) is 15.7 Å². The van der Waals surface area contributed by atoms with E-state index in [1.165, 1.54) is 44.2 Å². The number of hydrogen-bond donors (Lipinski definition) is 2. The Morgan fingerprint density at radius 2 is 1.95 bits per heavy atom. The van der Waals surface area contributed by atoms with E-state index < -0.39 is 0 Å². The number of aromatic nitrogens is 2. The van der Waals surface area contributed by atoms with Crippen molar-refractivity contribution < 1.29 is 0 Å². The van der Waals surface area contributed by atoms with Gasteiger partial charge in [-0.2, -0.15) is 5.10 Å². The third-order valence-corrected chi connectivity index (χ3v) is 5.84. The highest BCUT2D eigenvalue weighted by atomic mass is 15.1. The number of H-pyrrole nitrogens is 1. The van der Waals surface area contributed by atoms with Crippen LogP contribution in [0, 0.1) is 16.7 Å². The summed E-state index contributed by atoms with van der Waals surface area (Å²) in [7, 11) is 0. The van der Waals surface area contributed by atoms with Crippen LogP contribution in [0.5, 0.6) is 0 Å². The highest BCUT2D eigenvalue weighted by Gasteiger charge is 2.59. The van der Waals surface area contributed by atoms with Crippen LogP contribution < -0.4 is 5.32 Å². The number of nitrogens with zero attached hydrogens (tertiary/aromatic N) is 1. The average molecular weight is 259 g/mol. The van der Waals surface area contributed by atoms with Crippen molar-refractivity contribution in [1.29, 1.82) is 0 Å². The molecule has 4 aliphatic rings. The lowest BCUT2D eigenvalue weighted by Crippen LogP contribution is -2.63. The number of hydrogen-bond acceptors (Lipinski definition) is 2. The maximum Gasteiger partial charge on any atom is 0.0490 e. The lowest BCUT2D eigenvalue weighted by Gasteiger charge is -2.65. The molecule has 0 spiro atoms. The lowest BCUT2D eigenvalue weighted by atomic mass is 9.43. The first kappa shape index (κ1) is 12.0. The van der Waals surface area contributed by atoms with Gasteiger partial charge in [0.05, 0.1) is 0 Å². The van der Waals surface area contributed by atoms with Gasteiger partial charge in [-0.25, -0.2) is 0 Å². The van der Waals surface area contributed by atoms with Crippen LogP contribution >= 0.6 is 0 Å². The van der Waals surface area contributed by atoms with E-state index in [2.05, 4.69) is 35.4 Å². The van der Waals surface area contributed by atoms with Crippen LogP contribution in [-0.2, 0) is 6.54 Å². The van der Waals surface area contributed by atoms with E-state index >= 15 is 0 Å². The van der Waals surface area contributed by atoms with E-state index in [1.54, 1.807) is 0 Å². The van der Waals surface area contributed by atoms with Gasteiger partial charge in [-0.15, -0.1) is 0 Å². The summed E-state index contributed by atoms with van der Waals surface area (Å²) in [6, 6.07) is 2.08. The SMILES string of the molecule is CC12CC3CC(C)(C1)CC(NCc1ccn[nH]1)(C3)C2. The Kier molecular flexibility index (Phi) is 2.28. The molecule has 2 atom stereocenters. The summed E-state index contributed by atoms with van der Waals surface area (Å²) in [5, 5.41) is 11.0. The summed E-state index contributed by atoms with van der Waals surface area (Å²) >= 11 is 0. The Morgan fingerprint density at radius 1 is 1.21 bits per heavy atom. The largest absolute Gasteiger partial charge is 0.306 e. The quantitative estimate of drug-likeness (QED) is 0.875. The van der Waals surface area contributed by atoms with Crippen LogP contribution in [0.15, 0.2) is 12.3 Å². The van der Waals surface area contributed by atoms with Gasteiger partial charge in [-0.1, -0.05) is 13.8 Å². The molecule has 0 aliphatic heterocycles. The van der Waals surface area contributed by atoms with E-state index in [0.717, 1.165) is 12.5 Å². The van der Waals surface area contributed by atoms with Gasteiger partial charge in [-0.05, 0) is 61.3 Å². The van der Waals surface area contributed by atoms with Crippen LogP contribution in [0.4, 0.5) is 0 Å². The lowest BCUT2D eigenvalue weighted by molar-refractivity contribution is -0.118. The van der Waals surface area contributed by atoms with Gasteiger partial charge in [0.1, 0.15) is 0 Å². The van der Waals surface area contributed by atoms with Crippen LogP contribution in [0.25, 0.3) is 0 Å². The fourth-order valence-electron chi connectivity index (χ4n) is 6.31. The van der Waals surface area contributed by atoms with Gasteiger partial charge in [0.15, 0.2) is 0 Å². The molecule has 3 heteroatoms. The normalized spacial score (nSPS) is 47.8. The monoisotopic (exact) mass is 259 g/mol. The summed E-state index contributed by atoms with van der Waals surface area (Å²) in [5.74, 6) is 0.959. The zero-order valence-corrected chi connectivity index (χ0v) is 12.1. The van der Waals surface area contributed by atoms with Crippen molar-refractivity contribution in [3.8, 4) is 0 Å². The molecule has 0 radical (unpaired) electrons. The Hall–Kier alpha value is -0.830. The maximum absolute atomic E-state index is 4.05. The van der Waals surface area contributed by atoms with Crippen molar-refractivity contribution in [2.75, 3.05) is 0 Å². The molecular weight excluding hydrogens is 234 g/mol. The topological polar surface area (TPSA) is 40.7 Å². The Bertz CT molecular complexity index is 460. The number of nitrogens with one attached hydrogen (secondary N) is 2. The smallest absolute Gasteiger partial charge is 0.0490 e. The summed E-state index contributed by atoms with van der Waals surface area (Å²) in [4.78, 5) is 0. The molecular formula is C16H25N3. The molecule has 1 aromatic rings. The third kappa shape index (κ3) is 1.94. The summed E-state index contributed by atoms with van der Waals surface area (Å²) in [5.41, 5.74) is 2.80. The summed E-state index contributed by atoms with van der Waals surface area (Å²) in [6.07, 6.45) is 10.4. The minimum absolute atomic E-state index is 0.397. The van der Waals surface area contributed by atoms with Crippen molar-refractivity contribution >= 4 is 0 Å². The Labute approximate surface area is 115 Å². The van der Waals surface area contributed by atoms with Gasteiger partial charge in [0.25, 0.3) is 0 Å². The van der Waals surface area contributed by atoms with Crippen LogP contribution in [0.2, 0.25) is 0 Å². The minimum Gasteiger partial charge on any atom is -0.306 e. The van der Waals surface area contributed by atoms with E-state index in [4.69, 9.17) is 0 Å². The third-order valence-electron chi connectivity index (χ3n) is 5.84. The van der Waals surface area contributed by atoms with Crippen molar-refractivity contribution in [1.82, 2.24) is 15.5 Å². The summed E-state index contributed by atoms with van der Waals surface area (Å²) < 4.78 is 0.